The molecule has 1 aromatic heterocycles. The van der Waals surface area contributed by atoms with Crippen LogP contribution in [0.5, 0.6) is 0 Å². The summed E-state index contributed by atoms with van der Waals surface area (Å²) in [5, 5.41) is 0. The molecule has 0 atom stereocenters. The summed E-state index contributed by atoms with van der Waals surface area (Å²) in [4.78, 5) is 24.5. The monoisotopic (exact) mass is 346 g/mol. The number of carbonyl (C=O) groups is 1. The third kappa shape index (κ3) is 3.53. The van der Waals surface area contributed by atoms with Crippen LogP contribution in [0.1, 0.15) is 15.9 Å². The van der Waals surface area contributed by atoms with E-state index in [0.717, 1.165) is 43.8 Å². The molecule has 1 N–H and O–H groups in total. The molecule has 4 rings (SSSR count). The second-order valence-corrected chi connectivity index (χ2v) is 6.51. The minimum absolute atomic E-state index is 0.0715. The van der Waals surface area contributed by atoms with Crippen molar-refractivity contribution in [3.63, 3.8) is 0 Å². The Morgan fingerprint density at radius 2 is 1.85 bits per heavy atom. The van der Waals surface area contributed by atoms with Crippen molar-refractivity contribution >= 4 is 23.0 Å². The fourth-order valence-corrected chi connectivity index (χ4v) is 3.34. The first-order chi connectivity index (χ1) is 12.8. The van der Waals surface area contributed by atoms with Crippen LogP contribution in [0.3, 0.4) is 0 Å². The Balaban J connectivity index is 1.34. The first-order valence-electron chi connectivity index (χ1n) is 8.96. The number of benzene rings is 2. The number of piperazine rings is 1. The van der Waals surface area contributed by atoms with Crippen LogP contribution in [-0.2, 0) is 0 Å². The Morgan fingerprint density at radius 1 is 1.04 bits per heavy atom. The molecule has 26 heavy (non-hydrogen) atoms. The van der Waals surface area contributed by atoms with Gasteiger partial charge >= 0.3 is 0 Å². The number of nitrogens with one attached hydrogen (secondary N) is 1. The zero-order valence-electron chi connectivity index (χ0n) is 14.6. The van der Waals surface area contributed by atoms with Gasteiger partial charge in [0.2, 0.25) is 0 Å². The van der Waals surface area contributed by atoms with E-state index in [4.69, 9.17) is 0 Å². The van der Waals surface area contributed by atoms with E-state index in [9.17, 15) is 4.79 Å². The summed E-state index contributed by atoms with van der Waals surface area (Å²) < 4.78 is 0. The highest BCUT2D eigenvalue weighted by atomic mass is 16.2. The molecule has 1 amide bonds. The van der Waals surface area contributed by atoms with Crippen molar-refractivity contribution in [1.82, 2.24) is 19.8 Å². The quantitative estimate of drug-likeness (QED) is 0.790. The Bertz CT molecular complexity index is 908. The molecular weight excluding hydrogens is 324 g/mol. The van der Waals surface area contributed by atoms with E-state index >= 15 is 0 Å². The molecule has 1 saturated heterocycles. The standard InChI is InChI=1S/C21H22N4O/c26-21(18-9-4-10-19-20(18)23-16-22-19)25-14-12-24(13-15-25)11-5-8-17-6-2-1-3-7-17/h1-10,16H,11-15H2,(H,22,23)/b8-5+. The molecule has 2 aromatic carbocycles. The van der Waals surface area contributed by atoms with Gasteiger partial charge in [0, 0.05) is 32.7 Å². The number of nitrogens with zero attached hydrogens (tertiary/aromatic N) is 3. The molecule has 5 heteroatoms. The summed E-state index contributed by atoms with van der Waals surface area (Å²) >= 11 is 0. The van der Waals surface area contributed by atoms with E-state index in [1.165, 1.54) is 5.56 Å². The SMILES string of the molecule is O=C(c1cccc2[nH]cnc12)N1CCN(C/C=C/c2ccccc2)CC1. The molecule has 1 aliphatic rings. The third-order valence-corrected chi connectivity index (χ3v) is 4.81. The maximum atomic E-state index is 12.9. The number of aromatic amines is 1. The van der Waals surface area contributed by atoms with E-state index < -0.39 is 0 Å². The fraction of sp³-hybridized carbons (Fsp3) is 0.238. The van der Waals surface area contributed by atoms with Crippen molar-refractivity contribution in [1.29, 1.82) is 0 Å². The van der Waals surface area contributed by atoms with E-state index in [0.29, 0.717) is 5.56 Å². The Labute approximate surface area is 153 Å². The number of imidazole rings is 1. The zero-order chi connectivity index (χ0) is 17.8. The lowest BCUT2D eigenvalue weighted by Crippen LogP contribution is -2.48. The second-order valence-electron chi connectivity index (χ2n) is 6.51. The molecule has 3 aromatic rings. The smallest absolute Gasteiger partial charge is 0.256 e. The summed E-state index contributed by atoms with van der Waals surface area (Å²) in [6.07, 6.45) is 5.98. The minimum atomic E-state index is 0.0715. The number of aromatic nitrogens is 2. The van der Waals surface area contributed by atoms with Crippen LogP contribution in [0.2, 0.25) is 0 Å². The van der Waals surface area contributed by atoms with Crippen molar-refractivity contribution in [3.8, 4) is 0 Å². The second kappa shape index (κ2) is 7.54. The highest BCUT2D eigenvalue weighted by Gasteiger charge is 2.23. The maximum absolute atomic E-state index is 12.9. The molecule has 1 aliphatic heterocycles. The number of carbonyl (C=O) groups excluding carboxylic acids is 1. The summed E-state index contributed by atoms with van der Waals surface area (Å²) in [7, 11) is 0. The van der Waals surface area contributed by atoms with E-state index in [1.807, 2.05) is 41.3 Å². The molecule has 0 spiro atoms. The molecule has 0 bridgehead atoms. The van der Waals surface area contributed by atoms with Crippen LogP contribution in [0.4, 0.5) is 0 Å². The number of amides is 1. The van der Waals surface area contributed by atoms with Crippen molar-refractivity contribution < 1.29 is 4.79 Å². The van der Waals surface area contributed by atoms with Crippen molar-refractivity contribution in [2.75, 3.05) is 32.7 Å². The molecule has 0 unspecified atom stereocenters. The number of hydrogen-bond donors (Lipinski definition) is 1. The molecule has 0 aliphatic carbocycles. The van der Waals surface area contributed by atoms with Gasteiger partial charge < -0.3 is 9.88 Å². The van der Waals surface area contributed by atoms with Gasteiger partial charge in [0.25, 0.3) is 5.91 Å². The average Bonchev–Trinajstić information content (AvgIpc) is 3.18. The van der Waals surface area contributed by atoms with Gasteiger partial charge in [0.05, 0.1) is 17.4 Å². The molecular formula is C21H22N4O. The lowest BCUT2D eigenvalue weighted by molar-refractivity contribution is 0.0652. The number of fused-ring (bicyclic) bond motifs is 1. The number of hydrogen-bond acceptors (Lipinski definition) is 3. The Morgan fingerprint density at radius 3 is 2.65 bits per heavy atom. The molecule has 5 nitrogen and oxygen atoms in total. The topological polar surface area (TPSA) is 52.2 Å². The van der Waals surface area contributed by atoms with Gasteiger partial charge in [-0.05, 0) is 17.7 Å². The number of H-pyrrole nitrogens is 1. The summed E-state index contributed by atoms with van der Waals surface area (Å²) in [5.41, 5.74) is 3.56. The van der Waals surface area contributed by atoms with Gasteiger partial charge in [-0.1, -0.05) is 48.6 Å². The fourth-order valence-electron chi connectivity index (χ4n) is 3.34. The largest absolute Gasteiger partial charge is 0.345 e. The van der Waals surface area contributed by atoms with Gasteiger partial charge in [-0.25, -0.2) is 4.98 Å². The van der Waals surface area contributed by atoms with Gasteiger partial charge in [-0.2, -0.15) is 0 Å². The van der Waals surface area contributed by atoms with Crippen molar-refractivity contribution in [3.05, 3.63) is 72.1 Å². The Hall–Kier alpha value is -2.92. The number of rotatable bonds is 4. The Kier molecular flexibility index (Phi) is 4.80. The van der Waals surface area contributed by atoms with Gasteiger partial charge in [-0.15, -0.1) is 0 Å². The van der Waals surface area contributed by atoms with E-state index in [-0.39, 0.29) is 5.91 Å². The molecule has 2 heterocycles. The van der Waals surface area contributed by atoms with Crippen LogP contribution in [-0.4, -0.2) is 58.4 Å². The predicted octanol–water partition coefficient (Wildman–Crippen LogP) is 3.03. The van der Waals surface area contributed by atoms with Crippen LogP contribution in [0, 0.1) is 0 Å². The summed E-state index contributed by atoms with van der Waals surface area (Å²) in [5.74, 6) is 0.0715. The van der Waals surface area contributed by atoms with Crippen LogP contribution in [0.15, 0.2) is 60.9 Å². The molecule has 0 saturated carbocycles. The first kappa shape index (κ1) is 16.5. The lowest BCUT2D eigenvalue weighted by atomic mass is 10.1. The minimum Gasteiger partial charge on any atom is -0.345 e. The maximum Gasteiger partial charge on any atom is 0.256 e. The molecule has 0 radical (unpaired) electrons. The van der Waals surface area contributed by atoms with E-state index in [1.54, 1.807) is 6.33 Å². The van der Waals surface area contributed by atoms with Gasteiger partial charge in [0.1, 0.15) is 5.52 Å². The van der Waals surface area contributed by atoms with Crippen LogP contribution in [0.25, 0.3) is 17.1 Å². The highest BCUT2D eigenvalue weighted by Crippen LogP contribution is 2.17. The first-order valence-corrected chi connectivity index (χ1v) is 8.96. The molecule has 132 valence electrons. The summed E-state index contributed by atoms with van der Waals surface area (Å²) in [6.45, 7) is 4.19. The number of para-hydroxylation sites is 1. The van der Waals surface area contributed by atoms with Crippen LogP contribution >= 0.6 is 0 Å². The van der Waals surface area contributed by atoms with Gasteiger partial charge in [-0.3, -0.25) is 9.69 Å². The third-order valence-electron chi connectivity index (χ3n) is 4.81. The highest BCUT2D eigenvalue weighted by molar-refractivity contribution is 6.04. The normalized spacial score (nSPS) is 15.8. The lowest BCUT2D eigenvalue weighted by Gasteiger charge is -2.34. The summed E-state index contributed by atoms with van der Waals surface area (Å²) in [6, 6.07) is 16.0. The van der Waals surface area contributed by atoms with Crippen molar-refractivity contribution in [2.45, 2.75) is 0 Å². The van der Waals surface area contributed by atoms with E-state index in [2.05, 4.69) is 39.2 Å². The zero-order valence-corrected chi connectivity index (χ0v) is 14.6. The van der Waals surface area contributed by atoms with Crippen molar-refractivity contribution in [2.24, 2.45) is 0 Å². The predicted molar refractivity (Wildman–Crippen MR) is 104 cm³/mol. The average molecular weight is 346 g/mol. The van der Waals surface area contributed by atoms with Crippen LogP contribution < -0.4 is 0 Å². The molecule has 1 fully saturated rings. The van der Waals surface area contributed by atoms with Gasteiger partial charge in [0.15, 0.2) is 0 Å².